The van der Waals surface area contributed by atoms with E-state index in [2.05, 4.69) is 38.1 Å². The Kier molecular flexibility index (Phi) is 6.88. The van der Waals surface area contributed by atoms with Gasteiger partial charge in [0.25, 0.3) is 5.91 Å². The van der Waals surface area contributed by atoms with Gasteiger partial charge in [0.15, 0.2) is 5.82 Å². The number of ether oxygens (including phenoxy) is 2. The first-order valence-corrected chi connectivity index (χ1v) is 11.6. The van der Waals surface area contributed by atoms with E-state index in [-0.39, 0.29) is 12.5 Å². The van der Waals surface area contributed by atoms with Crippen LogP contribution in [0, 0.1) is 6.92 Å². The number of carbonyl (C=O) groups excluding carboxylic acids is 1. The second kappa shape index (κ2) is 9.81. The summed E-state index contributed by atoms with van der Waals surface area (Å²) in [5.41, 5.74) is 2.69. The van der Waals surface area contributed by atoms with E-state index in [9.17, 15) is 4.79 Å². The Morgan fingerprint density at radius 1 is 1.16 bits per heavy atom. The highest BCUT2D eigenvalue weighted by Gasteiger charge is 2.23. The van der Waals surface area contributed by atoms with Gasteiger partial charge in [0.05, 0.1) is 28.7 Å². The predicted octanol–water partition coefficient (Wildman–Crippen LogP) is 3.55. The summed E-state index contributed by atoms with van der Waals surface area (Å²) >= 11 is 1.35. The second-order valence-electron chi connectivity index (χ2n) is 7.71. The Hall–Kier alpha value is -2.75. The highest BCUT2D eigenvalue weighted by Crippen LogP contribution is 2.36. The number of hydrogen-bond acceptors (Lipinski definition) is 8. The van der Waals surface area contributed by atoms with Crippen molar-refractivity contribution in [3.8, 4) is 5.88 Å². The topological polar surface area (TPSA) is 79.8 Å². The van der Waals surface area contributed by atoms with E-state index in [4.69, 9.17) is 9.47 Å². The number of anilines is 2. The molecule has 0 bridgehead atoms. The molecule has 32 heavy (non-hydrogen) atoms. The SMILES string of the molecule is CCN1CCN(c2ccccc2NC(=O)c2sc3nc(COC)nc(OC)c3c2C)CC1. The molecule has 2 aromatic heterocycles. The Bertz CT molecular complexity index is 1110. The van der Waals surface area contributed by atoms with E-state index in [1.165, 1.54) is 11.3 Å². The first-order chi connectivity index (χ1) is 15.5. The number of benzene rings is 1. The summed E-state index contributed by atoms with van der Waals surface area (Å²) in [7, 11) is 3.17. The monoisotopic (exact) mass is 455 g/mol. The molecule has 1 N–H and O–H groups in total. The number of aromatic nitrogens is 2. The number of hydrogen-bond donors (Lipinski definition) is 1. The third kappa shape index (κ3) is 4.41. The first kappa shape index (κ1) is 22.4. The average molecular weight is 456 g/mol. The maximum absolute atomic E-state index is 13.3. The quantitative estimate of drug-likeness (QED) is 0.584. The van der Waals surface area contributed by atoms with Crippen LogP contribution in [0.5, 0.6) is 5.88 Å². The Labute approximate surface area is 192 Å². The fourth-order valence-electron chi connectivity index (χ4n) is 4.04. The van der Waals surface area contributed by atoms with Crippen LogP contribution < -0.4 is 15.0 Å². The van der Waals surface area contributed by atoms with Gasteiger partial charge in [-0.2, -0.15) is 4.98 Å². The van der Waals surface area contributed by atoms with Gasteiger partial charge in [0.1, 0.15) is 11.4 Å². The van der Waals surface area contributed by atoms with Gasteiger partial charge in [-0.25, -0.2) is 4.98 Å². The summed E-state index contributed by atoms with van der Waals surface area (Å²) in [4.78, 5) is 28.4. The van der Waals surface area contributed by atoms with Crippen LogP contribution in [0.4, 0.5) is 11.4 Å². The smallest absolute Gasteiger partial charge is 0.266 e. The van der Waals surface area contributed by atoms with Gasteiger partial charge in [0.2, 0.25) is 5.88 Å². The minimum atomic E-state index is -0.152. The normalized spacial score (nSPS) is 14.7. The largest absolute Gasteiger partial charge is 0.480 e. The minimum absolute atomic E-state index is 0.152. The highest BCUT2D eigenvalue weighted by molar-refractivity contribution is 7.20. The molecule has 1 aliphatic rings. The molecule has 9 heteroatoms. The number of nitrogens with one attached hydrogen (secondary N) is 1. The standard InChI is InChI=1S/C23H29N5O3S/c1-5-27-10-12-28(13-11-27)17-9-7-6-8-16(17)24-21(29)20-15(2)19-22(31-4)25-18(14-30-3)26-23(19)32-20/h6-9H,5,10-14H2,1-4H3,(H,24,29). The number of piperazine rings is 1. The maximum Gasteiger partial charge on any atom is 0.266 e. The van der Waals surface area contributed by atoms with Gasteiger partial charge >= 0.3 is 0 Å². The molecular weight excluding hydrogens is 426 g/mol. The molecule has 0 spiro atoms. The van der Waals surface area contributed by atoms with Gasteiger partial charge in [-0.3, -0.25) is 4.79 Å². The molecule has 4 rings (SSSR count). The molecule has 1 amide bonds. The van der Waals surface area contributed by atoms with Crippen molar-refractivity contribution >= 4 is 38.8 Å². The summed E-state index contributed by atoms with van der Waals surface area (Å²) in [6, 6.07) is 7.99. The predicted molar refractivity (Wildman–Crippen MR) is 128 cm³/mol. The zero-order chi connectivity index (χ0) is 22.7. The lowest BCUT2D eigenvalue weighted by molar-refractivity contribution is 0.103. The number of likely N-dealkylation sites (N-methyl/N-ethyl adjacent to an activating group) is 1. The van der Waals surface area contributed by atoms with Crippen molar-refractivity contribution in [2.24, 2.45) is 0 Å². The molecule has 1 saturated heterocycles. The molecule has 1 aliphatic heterocycles. The van der Waals surface area contributed by atoms with Crippen LogP contribution in [-0.2, 0) is 11.3 Å². The van der Waals surface area contributed by atoms with E-state index in [0.29, 0.717) is 16.6 Å². The Morgan fingerprint density at radius 3 is 2.59 bits per heavy atom. The van der Waals surface area contributed by atoms with Crippen LogP contribution in [0.2, 0.25) is 0 Å². The Morgan fingerprint density at radius 2 is 1.91 bits per heavy atom. The molecular formula is C23H29N5O3S. The third-order valence-electron chi connectivity index (χ3n) is 5.79. The van der Waals surface area contributed by atoms with Crippen molar-refractivity contribution in [1.82, 2.24) is 14.9 Å². The summed E-state index contributed by atoms with van der Waals surface area (Å²) in [6.45, 7) is 9.38. The van der Waals surface area contributed by atoms with Crippen molar-refractivity contribution in [1.29, 1.82) is 0 Å². The Balaban J connectivity index is 1.62. The molecule has 1 aromatic carbocycles. The second-order valence-corrected chi connectivity index (χ2v) is 8.71. The van der Waals surface area contributed by atoms with E-state index in [1.807, 2.05) is 25.1 Å². The number of nitrogens with zero attached hydrogens (tertiary/aromatic N) is 4. The van der Waals surface area contributed by atoms with Crippen LogP contribution in [-0.4, -0.2) is 67.7 Å². The lowest BCUT2D eigenvalue weighted by Gasteiger charge is -2.36. The lowest BCUT2D eigenvalue weighted by Crippen LogP contribution is -2.46. The number of para-hydroxylation sites is 2. The van der Waals surface area contributed by atoms with Crippen LogP contribution in [0.1, 0.15) is 28.0 Å². The third-order valence-corrected chi connectivity index (χ3v) is 6.97. The zero-order valence-electron chi connectivity index (χ0n) is 19.0. The van der Waals surface area contributed by atoms with Crippen LogP contribution >= 0.6 is 11.3 Å². The van der Waals surface area contributed by atoms with E-state index in [1.54, 1.807) is 14.2 Å². The van der Waals surface area contributed by atoms with Crippen LogP contribution in [0.3, 0.4) is 0 Å². The number of amides is 1. The molecule has 0 aliphatic carbocycles. The number of aryl methyl sites for hydroxylation is 1. The fourth-order valence-corrected chi connectivity index (χ4v) is 5.13. The van der Waals surface area contributed by atoms with Crippen LogP contribution in [0.25, 0.3) is 10.2 Å². The molecule has 3 aromatic rings. The van der Waals surface area contributed by atoms with Crippen molar-refractivity contribution in [3.05, 3.63) is 40.5 Å². The molecule has 0 radical (unpaired) electrons. The number of methoxy groups -OCH3 is 2. The van der Waals surface area contributed by atoms with Gasteiger partial charge < -0.3 is 24.6 Å². The molecule has 1 fully saturated rings. The summed E-state index contributed by atoms with van der Waals surface area (Å²) in [5, 5.41) is 3.90. The number of rotatable bonds is 7. The maximum atomic E-state index is 13.3. The van der Waals surface area contributed by atoms with E-state index >= 15 is 0 Å². The summed E-state index contributed by atoms with van der Waals surface area (Å²) in [5.74, 6) is 0.839. The van der Waals surface area contributed by atoms with Crippen LogP contribution in [0.15, 0.2) is 24.3 Å². The summed E-state index contributed by atoms with van der Waals surface area (Å²) < 4.78 is 10.6. The van der Waals surface area contributed by atoms with Crippen molar-refractivity contribution in [3.63, 3.8) is 0 Å². The van der Waals surface area contributed by atoms with Gasteiger partial charge in [0, 0.05) is 33.3 Å². The number of thiophene rings is 1. The minimum Gasteiger partial charge on any atom is -0.480 e. The first-order valence-electron chi connectivity index (χ1n) is 10.8. The molecule has 0 unspecified atom stereocenters. The molecule has 170 valence electrons. The van der Waals surface area contributed by atoms with Gasteiger partial charge in [-0.05, 0) is 31.2 Å². The molecule has 0 saturated carbocycles. The molecule has 3 heterocycles. The lowest BCUT2D eigenvalue weighted by atomic mass is 10.2. The highest BCUT2D eigenvalue weighted by atomic mass is 32.1. The molecule has 8 nitrogen and oxygen atoms in total. The fraction of sp³-hybridized carbons (Fsp3) is 0.435. The zero-order valence-corrected chi connectivity index (χ0v) is 19.8. The number of carbonyl (C=O) groups is 1. The van der Waals surface area contributed by atoms with Gasteiger partial charge in [-0.15, -0.1) is 11.3 Å². The van der Waals surface area contributed by atoms with Crippen molar-refractivity contribution in [2.45, 2.75) is 20.5 Å². The van der Waals surface area contributed by atoms with Crippen molar-refractivity contribution in [2.75, 3.05) is 57.2 Å². The van der Waals surface area contributed by atoms with Gasteiger partial charge in [-0.1, -0.05) is 19.1 Å². The van der Waals surface area contributed by atoms with E-state index in [0.717, 1.165) is 59.9 Å². The number of fused-ring (bicyclic) bond motifs is 1. The van der Waals surface area contributed by atoms with E-state index < -0.39 is 0 Å². The van der Waals surface area contributed by atoms with Crippen molar-refractivity contribution < 1.29 is 14.3 Å². The average Bonchev–Trinajstić information content (AvgIpc) is 3.15. The molecule has 0 atom stereocenters. The summed E-state index contributed by atoms with van der Waals surface area (Å²) in [6.07, 6.45) is 0.